The van der Waals surface area contributed by atoms with Crippen molar-refractivity contribution < 1.29 is 20.8 Å². The van der Waals surface area contributed by atoms with Crippen molar-refractivity contribution in [1.29, 1.82) is 0 Å². The molecule has 0 heterocycles. The molecular weight excluding hydrogens is 791 g/mol. The SMILES string of the molecule is CCCCc1cc2c(-c3ccccc3C)c(C(C)(C)C)ccc2[cH-]1.CCCCc1cc2c(-c3ccccc3C)c(C(C)(C)C)ccc2[cH-]1.C[Si]C.[Cl][Zr+2][Cl]. The van der Waals surface area contributed by atoms with Crippen LogP contribution in [0.1, 0.15) is 114 Å². The molecule has 0 saturated carbocycles. The second-order valence-corrected chi connectivity index (χ2v) is 21.3. The maximum absolute atomic E-state index is 4.93. The number of fused-ring (bicyclic) bond motifs is 2. The van der Waals surface area contributed by atoms with Crippen molar-refractivity contribution in [3.05, 3.63) is 130 Å². The van der Waals surface area contributed by atoms with Crippen LogP contribution >= 0.6 is 17.0 Å². The normalized spacial score (nSPS) is 11.2. The predicted molar refractivity (Wildman–Crippen MR) is 243 cm³/mol. The van der Waals surface area contributed by atoms with Crippen molar-refractivity contribution in [1.82, 2.24) is 0 Å². The Balaban J connectivity index is 0.000000254. The summed E-state index contributed by atoms with van der Waals surface area (Å²) in [4.78, 5) is 0. The fourth-order valence-electron chi connectivity index (χ4n) is 7.28. The van der Waals surface area contributed by atoms with Crippen molar-refractivity contribution >= 4 is 48.1 Å². The first kappa shape index (κ1) is 46.2. The van der Waals surface area contributed by atoms with Crippen LogP contribution in [0.15, 0.2) is 97.1 Å². The molecule has 4 heteroatoms. The van der Waals surface area contributed by atoms with Crippen molar-refractivity contribution in [3.8, 4) is 22.3 Å². The van der Waals surface area contributed by atoms with Gasteiger partial charge in [0.2, 0.25) is 0 Å². The Morgan fingerprint density at radius 2 is 0.907 bits per heavy atom. The van der Waals surface area contributed by atoms with E-state index in [1.807, 2.05) is 0 Å². The van der Waals surface area contributed by atoms with E-state index in [1.165, 1.54) is 116 Å². The Hall–Kier alpha value is -2.22. The summed E-state index contributed by atoms with van der Waals surface area (Å²) in [7, 11) is 11.0. The Labute approximate surface area is 350 Å². The zero-order chi connectivity index (χ0) is 40.1. The first-order valence-corrected chi connectivity index (χ1v) is 28.1. The summed E-state index contributed by atoms with van der Waals surface area (Å²) in [6.45, 7) is 27.2. The van der Waals surface area contributed by atoms with Crippen LogP contribution in [0.25, 0.3) is 43.8 Å². The van der Waals surface area contributed by atoms with E-state index in [4.69, 9.17) is 17.0 Å². The Kier molecular flexibility index (Phi) is 18.7. The van der Waals surface area contributed by atoms with E-state index >= 15 is 0 Å². The predicted octanol–water partition coefficient (Wildman–Crippen LogP) is 16.5. The average Bonchev–Trinajstić information content (AvgIpc) is 3.74. The number of hydrogen-bond donors (Lipinski definition) is 0. The second kappa shape index (κ2) is 21.9. The molecule has 6 rings (SSSR count). The molecule has 0 amide bonds. The third kappa shape index (κ3) is 12.4. The van der Waals surface area contributed by atoms with Crippen LogP contribution in [0, 0.1) is 13.8 Å². The number of unbranched alkanes of at least 4 members (excludes halogenated alkanes) is 2. The molecule has 0 aliphatic rings. The molecule has 0 bridgehead atoms. The topological polar surface area (TPSA) is 0 Å². The third-order valence-electron chi connectivity index (χ3n) is 9.98. The summed E-state index contributed by atoms with van der Waals surface area (Å²) in [5.74, 6) is 0. The number of halogens is 2. The Bertz CT molecular complexity index is 1880. The zero-order valence-corrected chi connectivity index (χ0v) is 40.2. The summed E-state index contributed by atoms with van der Waals surface area (Å²) in [6, 6.07) is 36.5. The van der Waals surface area contributed by atoms with Gasteiger partial charge in [-0.15, -0.1) is 69.1 Å². The summed E-state index contributed by atoms with van der Waals surface area (Å²) < 4.78 is 0. The molecular formula is C50H64Cl2SiZr. The zero-order valence-electron chi connectivity index (χ0n) is 35.2. The van der Waals surface area contributed by atoms with Gasteiger partial charge in [-0.25, -0.2) is 0 Å². The van der Waals surface area contributed by atoms with Gasteiger partial charge in [-0.3, -0.25) is 0 Å². The van der Waals surface area contributed by atoms with E-state index in [1.54, 1.807) is 0 Å². The molecule has 0 atom stereocenters. The number of benzene rings is 4. The molecule has 0 saturated heterocycles. The molecule has 286 valence electrons. The quantitative estimate of drug-likeness (QED) is 0.106. The molecule has 0 N–H and O–H groups in total. The molecule has 6 aromatic carbocycles. The molecule has 0 nitrogen and oxygen atoms in total. The third-order valence-corrected chi connectivity index (χ3v) is 9.98. The fraction of sp³-hybridized carbons (Fsp3) is 0.400. The summed E-state index contributed by atoms with van der Waals surface area (Å²) >= 11 is -0.826. The summed E-state index contributed by atoms with van der Waals surface area (Å²) in [5, 5.41) is 5.60. The molecule has 0 aromatic heterocycles. The van der Waals surface area contributed by atoms with E-state index in [9.17, 15) is 0 Å². The molecule has 6 aromatic rings. The van der Waals surface area contributed by atoms with Crippen LogP contribution in [-0.2, 0) is 44.5 Å². The average molecular weight is 855 g/mol. The van der Waals surface area contributed by atoms with Crippen molar-refractivity contribution in [2.75, 3.05) is 0 Å². The molecule has 0 aliphatic carbocycles. The van der Waals surface area contributed by atoms with Crippen molar-refractivity contribution in [2.24, 2.45) is 0 Å². The second-order valence-electron chi connectivity index (χ2n) is 16.6. The first-order chi connectivity index (χ1) is 25.7. The maximum atomic E-state index is 4.93. The molecule has 54 heavy (non-hydrogen) atoms. The van der Waals surface area contributed by atoms with Gasteiger partial charge in [0, 0.05) is 9.52 Å². The molecule has 2 radical (unpaired) electrons. The number of hydrogen-bond acceptors (Lipinski definition) is 0. The standard InChI is InChI=1S/2C24H29.C2H6Si.2ClH.Zr/c2*1-6-7-11-18-15-19-13-14-22(24(3,4)5)23(21(19)16-18)20-12-9-8-10-17(20)2;1-3-2;;;/h2*8-10,12-16H,6-7,11H2,1-5H3;1-2H3;2*1H;/q2*-1;;;;+4/p-2. The van der Waals surface area contributed by atoms with Crippen LogP contribution in [0.2, 0.25) is 13.1 Å². The van der Waals surface area contributed by atoms with Crippen molar-refractivity contribution in [2.45, 2.75) is 132 Å². The van der Waals surface area contributed by atoms with Gasteiger partial charge in [0.05, 0.1) is 0 Å². The van der Waals surface area contributed by atoms with Gasteiger partial charge in [0.15, 0.2) is 0 Å². The van der Waals surface area contributed by atoms with Gasteiger partial charge in [0.25, 0.3) is 0 Å². The van der Waals surface area contributed by atoms with E-state index in [0.29, 0.717) is 0 Å². The van der Waals surface area contributed by atoms with Crippen LogP contribution in [0.4, 0.5) is 0 Å². The van der Waals surface area contributed by atoms with E-state index in [-0.39, 0.29) is 10.8 Å². The number of aryl methyl sites for hydroxylation is 4. The van der Waals surface area contributed by atoms with Crippen LogP contribution in [-0.4, -0.2) is 9.52 Å². The van der Waals surface area contributed by atoms with Gasteiger partial charge in [-0.1, -0.05) is 165 Å². The van der Waals surface area contributed by atoms with Gasteiger partial charge in [0.1, 0.15) is 0 Å². The molecule has 0 spiro atoms. The molecule has 0 unspecified atom stereocenters. The number of rotatable bonds is 8. The monoisotopic (exact) mass is 852 g/mol. The van der Waals surface area contributed by atoms with Crippen LogP contribution in [0.3, 0.4) is 0 Å². The van der Waals surface area contributed by atoms with E-state index in [0.717, 1.165) is 9.52 Å². The van der Waals surface area contributed by atoms with E-state index < -0.39 is 20.8 Å². The van der Waals surface area contributed by atoms with Crippen LogP contribution < -0.4 is 0 Å². The summed E-state index contributed by atoms with van der Waals surface area (Å²) in [6.07, 6.45) is 7.40. The Morgan fingerprint density at radius 3 is 1.20 bits per heavy atom. The first-order valence-electron chi connectivity index (χ1n) is 19.8. The van der Waals surface area contributed by atoms with Gasteiger partial charge >= 0.3 is 37.9 Å². The van der Waals surface area contributed by atoms with Gasteiger partial charge < -0.3 is 0 Å². The molecule has 0 fully saturated rings. The van der Waals surface area contributed by atoms with Gasteiger partial charge in [-0.2, -0.15) is 12.1 Å². The fourth-order valence-corrected chi connectivity index (χ4v) is 7.28. The van der Waals surface area contributed by atoms with Gasteiger partial charge in [-0.05, 0) is 59.8 Å². The Morgan fingerprint density at radius 1 is 0.574 bits per heavy atom. The minimum absolute atomic E-state index is 0.132. The molecule has 0 aliphatic heterocycles. The summed E-state index contributed by atoms with van der Waals surface area (Å²) in [5.41, 5.74) is 14.4. The minimum atomic E-state index is -0.826. The van der Waals surface area contributed by atoms with Crippen molar-refractivity contribution in [3.63, 3.8) is 0 Å². The van der Waals surface area contributed by atoms with E-state index in [2.05, 4.69) is 179 Å². The van der Waals surface area contributed by atoms with Crippen LogP contribution in [0.5, 0.6) is 0 Å².